The number of nitrogens with zero attached hydrogens (tertiary/aromatic N) is 2. The quantitative estimate of drug-likeness (QED) is 0.746. The molecule has 108 valence electrons. The van der Waals surface area contributed by atoms with Crippen LogP contribution in [0.1, 0.15) is 11.8 Å². The van der Waals surface area contributed by atoms with E-state index in [4.69, 9.17) is 11.6 Å². The fourth-order valence-corrected chi connectivity index (χ4v) is 3.17. The number of thiophene rings is 1. The topological polar surface area (TPSA) is 37.8 Å². The van der Waals surface area contributed by atoms with Gasteiger partial charge in [-0.15, -0.1) is 11.3 Å². The van der Waals surface area contributed by atoms with Crippen LogP contribution >= 0.6 is 22.9 Å². The first-order chi connectivity index (χ1) is 10.1. The summed E-state index contributed by atoms with van der Waals surface area (Å²) in [6.07, 6.45) is 0. The number of nitrogens with one attached hydrogen (secondary N) is 1. The molecular weight excluding hydrogens is 309 g/mol. The van der Waals surface area contributed by atoms with Gasteiger partial charge in [0.25, 0.3) is 0 Å². The molecule has 6 heteroatoms. The van der Waals surface area contributed by atoms with Crippen LogP contribution in [0.3, 0.4) is 0 Å². The van der Waals surface area contributed by atoms with Gasteiger partial charge in [0.15, 0.2) is 5.82 Å². The zero-order valence-corrected chi connectivity index (χ0v) is 13.1. The van der Waals surface area contributed by atoms with Crippen molar-refractivity contribution in [3.8, 4) is 11.4 Å². The van der Waals surface area contributed by atoms with Crippen molar-refractivity contribution in [1.29, 1.82) is 0 Å². The second-order valence-corrected chi connectivity index (χ2v) is 6.30. The van der Waals surface area contributed by atoms with Gasteiger partial charge in [0, 0.05) is 16.4 Å². The van der Waals surface area contributed by atoms with Gasteiger partial charge in [-0.3, -0.25) is 0 Å². The Morgan fingerprint density at radius 3 is 2.81 bits per heavy atom. The van der Waals surface area contributed by atoms with Crippen molar-refractivity contribution in [3.63, 3.8) is 0 Å². The van der Waals surface area contributed by atoms with E-state index in [0.717, 1.165) is 27.5 Å². The van der Waals surface area contributed by atoms with E-state index in [1.54, 1.807) is 23.5 Å². The van der Waals surface area contributed by atoms with Crippen LogP contribution in [0.4, 0.5) is 10.2 Å². The van der Waals surface area contributed by atoms with Gasteiger partial charge in [0.1, 0.15) is 16.5 Å². The maximum Gasteiger partial charge on any atom is 0.166 e. The van der Waals surface area contributed by atoms with Crippen molar-refractivity contribution < 1.29 is 4.39 Å². The zero-order valence-electron chi connectivity index (χ0n) is 11.6. The lowest BCUT2D eigenvalue weighted by Crippen LogP contribution is -2.02. The summed E-state index contributed by atoms with van der Waals surface area (Å²) in [4.78, 5) is 10.9. The van der Waals surface area contributed by atoms with Crippen LogP contribution in [0.5, 0.6) is 0 Å². The summed E-state index contributed by atoms with van der Waals surface area (Å²) in [7, 11) is 0. The maximum atomic E-state index is 14.1. The van der Waals surface area contributed by atoms with E-state index >= 15 is 0 Å². The van der Waals surface area contributed by atoms with Crippen LogP contribution in [0.15, 0.2) is 24.3 Å². The van der Waals surface area contributed by atoms with E-state index in [0.29, 0.717) is 16.4 Å². The first-order valence-electron chi connectivity index (χ1n) is 6.56. The van der Waals surface area contributed by atoms with Gasteiger partial charge in [-0.2, -0.15) is 0 Å². The monoisotopic (exact) mass is 321 g/mol. The highest BCUT2D eigenvalue weighted by molar-refractivity contribution is 7.18. The van der Waals surface area contributed by atoms with Gasteiger partial charge in [0.05, 0.1) is 10.9 Å². The molecule has 0 bridgehead atoms. The van der Waals surface area contributed by atoms with Crippen LogP contribution in [-0.4, -0.2) is 16.5 Å². The number of benzene rings is 1. The number of hydrogen-bond acceptors (Lipinski definition) is 4. The Morgan fingerprint density at radius 2 is 2.10 bits per heavy atom. The molecule has 0 fully saturated rings. The van der Waals surface area contributed by atoms with Crippen LogP contribution in [0, 0.1) is 12.7 Å². The molecule has 1 N–H and O–H groups in total. The van der Waals surface area contributed by atoms with E-state index in [1.807, 2.05) is 19.9 Å². The number of aryl methyl sites for hydroxylation is 1. The lowest BCUT2D eigenvalue weighted by Gasteiger charge is -2.08. The molecule has 21 heavy (non-hydrogen) atoms. The minimum atomic E-state index is -0.419. The maximum absolute atomic E-state index is 14.1. The van der Waals surface area contributed by atoms with Crippen molar-refractivity contribution in [2.45, 2.75) is 13.8 Å². The lowest BCUT2D eigenvalue weighted by molar-refractivity contribution is 0.630. The molecule has 3 rings (SSSR count). The molecule has 3 aromatic rings. The predicted octanol–water partition coefficient (Wildman–Crippen LogP) is 4.89. The molecule has 1 aromatic carbocycles. The Labute approximate surface area is 130 Å². The number of halogens is 2. The Kier molecular flexibility index (Phi) is 3.78. The van der Waals surface area contributed by atoms with Crippen molar-refractivity contribution in [1.82, 2.24) is 9.97 Å². The molecule has 0 saturated heterocycles. The van der Waals surface area contributed by atoms with Crippen LogP contribution in [0.2, 0.25) is 5.02 Å². The molecule has 0 radical (unpaired) electrons. The van der Waals surface area contributed by atoms with Gasteiger partial charge in [-0.1, -0.05) is 11.6 Å². The Balaban J connectivity index is 2.22. The molecule has 0 atom stereocenters. The summed E-state index contributed by atoms with van der Waals surface area (Å²) in [5.74, 6) is 0.684. The number of anilines is 1. The van der Waals surface area contributed by atoms with Gasteiger partial charge in [-0.05, 0) is 38.1 Å². The van der Waals surface area contributed by atoms with Crippen LogP contribution in [0.25, 0.3) is 21.6 Å². The fourth-order valence-electron chi connectivity index (χ4n) is 2.14. The third-order valence-corrected chi connectivity index (χ3v) is 4.21. The third kappa shape index (κ3) is 2.71. The highest BCUT2D eigenvalue weighted by Gasteiger charge is 2.14. The predicted molar refractivity (Wildman–Crippen MR) is 86.7 cm³/mol. The van der Waals surface area contributed by atoms with E-state index in [-0.39, 0.29) is 0 Å². The normalized spacial score (nSPS) is 11.0. The number of rotatable bonds is 3. The van der Waals surface area contributed by atoms with E-state index in [1.165, 1.54) is 6.07 Å². The third-order valence-electron chi connectivity index (χ3n) is 3.03. The van der Waals surface area contributed by atoms with E-state index in [2.05, 4.69) is 15.3 Å². The summed E-state index contributed by atoms with van der Waals surface area (Å²) in [5.41, 5.74) is 0.353. The van der Waals surface area contributed by atoms with E-state index < -0.39 is 5.82 Å². The van der Waals surface area contributed by atoms with Crippen molar-refractivity contribution in [2.75, 3.05) is 11.9 Å². The highest BCUT2D eigenvalue weighted by Crippen LogP contribution is 2.32. The van der Waals surface area contributed by atoms with E-state index in [9.17, 15) is 4.39 Å². The molecule has 3 nitrogen and oxygen atoms in total. The average Bonchev–Trinajstić information content (AvgIpc) is 2.79. The summed E-state index contributed by atoms with van der Waals surface area (Å²) < 4.78 is 14.1. The smallest absolute Gasteiger partial charge is 0.166 e. The summed E-state index contributed by atoms with van der Waals surface area (Å²) >= 11 is 7.36. The van der Waals surface area contributed by atoms with Gasteiger partial charge >= 0.3 is 0 Å². The first-order valence-corrected chi connectivity index (χ1v) is 7.75. The summed E-state index contributed by atoms with van der Waals surface area (Å²) in [5, 5.41) is 4.54. The molecule has 0 unspecified atom stereocenters. The molecular formula is C15H13ClFN3S. The lowest BCUT2D eigenvalue weighted by atomic mass is 10.2. The fraction of sp³-hybridized carbons (Fsp3) is 0.200. The number of aromatic nitrogens is 2. The van der Waals surface area contributed by atoms with Gasteiger partial charge < -0.3 is 5.32 Å². The standard InChI is InChI=1S/C15H13ClFN3S/c1-3-18-13-11-6-8(2)21-15(11)20-14(19-13)10-5-4-9(16)7-12(10)17/h4-7H,3H2,1-2H3,(H,18,19,20). The summed E-state index contributed by atoms with van der Waals surface area (Å²) in [6, 6.07) is 6.56. The van der Waals surface area contributed by atoms with Crippen molar-refractivity contribution in [3.05, 3.63) is 40.0 Å². The average molecular weight is 322 g/mol. The molecule has 0 amide bonds. The van der Waals surface area contributed by atoms with Gasteiger partial charge in [-0.25, -0.2) is 14.4 Å². The molecule has 2 aromatic heterocycles. The Bertz CT molecular complexity index is 816. The van der Waals surface area contributed by atoms with Crippen molar-refractivity contribution in [2.24, 2.45) is 0 Å². The van der Waals surface area contributed by atoms with Crippen LogP contribution in [-0.2, 0) is 0 Å². The summed E-state index contributed by atoms with van der Waals surface area (Å²) in [6.45, 7) is 4.75. The minimum absolute atomic E-state index is 0.353. The van der Waals surface area contributed by atoms with Crippen molar-refractivity contribution >= 4 is 39.0 Å². The highest BCUT2D eigenvalue weighted by atomic mass is 35.5. The van der Waals surface area contributed by atoms with Crippen LogP contribution < -0.4 is 5.32 Å². The molecule has 0 spiro atoms. The van der Waals surface area contributed by atoms with Gasteiger partial charge in [0.2, 0.25) is 0 Å². The minimum Gasteiger partial charge on any atom is -0.370 e. The molecule has 0 saturated carbocycles. The first kappa shape index (κ1) is 14.2. The second kappa shape index (κ2) is 5.58. The second-order valence-electron chi connectivity index (χ2n) is 4.63. The SMILES string of the molecule is CCNc1nc(-c2ccc(Cl)cc2F)nc2sc(C)cc12. The molecule has 0 aliphatic carbocycles. The zero-order chi connectivity index (χ0) is 15.0. The number of fused-ring (bicyclic) bond motifs is 1. The molecule has 0 aliphatic heterocycles. The molecule has 0 aliphatic rings. The largest absolute Gasteiger partial charge is 0.370 e. The molecule has 2 heterocycles. The Hall–Kier alpha value is -1.72. The Morgan fingerprint density at radius 1 is 1.29 bits per heavy atom. The number of hydrogen-bond donors (Lipinski definition) is 1.